The molecule has 82 valence electrons. The SMILES string of the molecule is COc1cccc(CN(C)C(C#N)C#N)c1. The Kier molecular flexibility index (Phi) is 4.32. The summed E-state index contributed by atoms with van der Waals surface area (Å²) in [7, 11) is 3.35. The predicted molar refractivity (Wildman–Crippen MR) is 59.5 cm³/mol. The van der Waals surface area contributed by atoms with E-state index in [0.29, 0.717) is 6.54 Å². The molecule has 0 unspecified atom stereocenters. The molecule has 1 aromatic carbocycles. The number of nitriles is 2. The zero-order valence-corrected chi connectivity index (χ0v) is 9.34. The summed E-state index contributed by atoms with van der Waals surface area (Å²) in [6.45, 7) is 0.545. The molecule has 0 fully saturated rings. The van der Waals surface area contributed by atoms with Crippen molar-refractivity contribution < 1.29 is 4.74 Å². The van der Waals surface area contributed by atoms with Crippen LogP contribution in [0.5, 0.6) is 5.75 Å². The summed E-state index contributed by atoms with van der Waals surface area (Å²) in [6, 6.07) is 10.7. The topological polar surface area (TPSA) is 60.0 Å². The van der Waals surface area contributed by atoms with Gasteiger partial charge in [0.15, 0.2) is 6.04 Å². The van der Waals surface area contributed by atoms with E-state index >= 15 is 0 Å². The van der Waals surface area contributed by atoms with Crippen molar-refractivity contribution >= 4 is 0 Å². The highest BCUT2D eigenvalue weighted by molar-refractivity contribution is 5.28. The lowest BCUT2D eigenvalue weighted by Gasteiger charge is -2.17. The van der Waals surface area contributed by atoms with Crippen LogP contribution in [0.3, 0.4) is 0 Å². The van der Waals surface area contributed by atoms with Crippen LogP contribution >= 0.6 is 0 Å². The van der Waals surface area contributed by atoms with Gasteiger partial charge in [0.2, 0.25) is 0 Å². The first-order chi connectivity index (χ1) is 7.71. The highest BCUT2D eigenvalue weighted by Crippen LogP contribution is 2.14. The third-order valence-corrected chi connectivity index (χ3v) is 2.25. The van der Waals surface area contributed by atoms with Crippen molar-refractivity contribution in [2.75, 3.05) is 14.2 Å². The second kappa shape index (κ2) is 5.75. The first kappa shape index (κ1) is 12.0. The molecule has 0 atom stereocenters. The van der Waals surface area contributed by atoms with Crippen molar-refractivity contribution in [2.24, 2.45) is 0 Å². The first-order valence-corrected chi connectivity index (χ1v) is 4.83. The standard InChI is InChI=1S/C12H13N3O/c1-15(11(7-13)8-14)9-10-4-3-5-12(6-10)16-2/h3-6,11H,9H2,1-2H3. The van der Waals surface area contributed by atoms with Gasteiger partial charge >= 0.3 is 0 Å². The Bertz CT molecular complexity index is 417. The fraction of sp³-hybridized carbons (Fsp3) is 0.333. The maximum Gasteiger partial charge on any atom is 0.186 e. The molecule has 0 saturated carbocycles. The van der Waals surface area contributed by atoms with Gasteiger partial charge in [-0.15, -0.1) is 0 Å². The molecule has 0 aliphatic rings. The van der Waals surface area contributed by atoms with E-state index in [1.54, 1.807) is 19.1 Å². The van der Waals surface area contributed by atoms with Crippen LogP contribution < -0.4 is 4.74 Å². The van der Waals surface area contributed by atoms with Gasteiger partial charge in [-0.1, -0.05) is 12.1 Å². The van der Waals surface area contributed by atoms with Crippen molar-refractivity contribution in [1.29, 1.82) is 10.5 Å². The molecule has 0 aliphatic carbocycles. The zero-order chi connectivity index (χ0) is 12.0. The Balaban J connectivity index is 2.74. The molecule has 0 bridgehead atoms. The van der Waals surface area contributed by atoms with Gasteiger partial charge in [0, 0.05) is 6.54 Å². The Morgan fingerprint density at radius 2 is 2.06 bits per heavy atom. The third kappa shape index (κ3) is 2.98. The molecule has 0 aromatic heterocycles. The summed E-state index contributed by atoms with van der Waals surface area (Å²) in [5.41, 5.74) is 1.01. The molecule has 0 saturated heterocycles. The molecule has 1 aromatic rings. The molecular weight excluding hydrogens is 202 g/mol. The van der Waals surface area contributed by atoms with Gasteiger partial charge in [-0.05, 0) is 24.7 Å². The molecule has 0 heterocycles. The smallest absolute Gasteiger partial charge is 0.186 e. The Morgan fingerprint density at radius 1 is 1.38 bits per heavy atom. The minimum atomic E-state index is -0.716. The van der Waals surface area contributed by atoms with Crippen molar-refractivity contribution in [3.63, 3.8) is 0 Å². The van der Waals surface area contributed by atoms with Crippen LogP contribution in [0.15, 0.2) is 24.3 Å². The van der Waals surface area contributed by atoms with Crippen LogP contribution in [0.1, 0.15) is 5.56 Å². The van der Waals surface area contributed by atoms with Crippen LogP contribution in [-0.2, 0) is 6.54 Å². The van der Waals surface area contributed by atoms with Gasteiger partial charge in [-0.3, -0.25) is 4.90 Å². The van der Waals surface area contributed by atoms with E-state index in [1.165, 1.54) is 0 Å². The molecule has 16 heavy (non-hydrogen) atoms. The largest absolute Gasteiger partial charge is 0.497 e. The quantitative estimate of drug-likeness (QED) is 0.764. The van der Waals surface area contributed by atoms with E-state index in [-0.39, 0.29) is 0 Å². The molecule has 4 nitrogen and oxygen atoms in total. The summed E-state index contributed by atoms with van der Waals surface area (Å²) >= 11 is 0. The Morgan fingerprint density at radius 3 is 2.62 bits per heavy atom. The van der Waals surface area contributed by atoms with Crippen LogP contribution in [0.25, 0.3) is 0 Å². The lowest BCUT2D eigenvalue weighted by atomic mass is 10.2. The fourth-order valence-corrected chi connectivity index (χ4v) is 1.38. The van der Waals surface area contributed by atoms with Gasteiger partial charge in [0.05, 0.1) is 19.2 Å². The third-order valence-electron chi connectivity index (χ3n) is 2.25. The number of hydrogen-bond acceptors (Lipinski definition) is 4. The van der Waals surface area contributed by atoms with Crippen molar-refractivity contribution in [1.82, 2.24) is 4.90 Å². The monoisotopic (exact) mass is 215 g/mol. The summed E-state index contributed by atoms with van der Waals surface area (Å²) in [5.74, 6) is 0.774. The van der Waals surface area contributed by atoms with Gasteiger partial charge in [-0.2, -0.15) is 10.5 Å². The summed E-state index contributed by atoms with van der Waals surface area (Å²) in [6.07, 6.45) is 0. The molecule has 0 aliphatic heterocycles. The van der Waals surface area contributed by atoms with Crippen molar-refractivity contribution in [2.45, 2.75) is 12.6 Å². The van der Waals surface area contributed by atoms with Gasteiger partial charge < -0.3 is 4.74 Å². The first-order valence-electron chi connectivity index (χ1n) is 4.83. The van der Waals surface area contributed by atoms with Crippen LogP contribution in [0, 0.1) is 22.7 Å². The highest BCUT2D eigenvalue weighted by atomic mass is 16.5. The number of benzene rings is 1. The maximum absolute atomic E-state index is 8.74. The predicted octanol–water partition coefficient (Wildman–Crippen LogP) is 1.54. The highest BCUT2D eigenvalue weighted by Gasteiger charge is 2.12. The minimum Gasteiger partial charge on any atom is -0.497 e. The summed E-state index contributed by atoms with van der Waals surface area (Å²) in [5, 5.41) is 17.5. The van der Waals surface area contributed by atoms with E-state index in [1.807, 2.05) is 36.4 Å². The summed E-state index contributed by atoms with van der Waals surface area (Å²) in [4.78, 5) is 1.69. The Labute approximate surface area is 95.3 Å². The van der Waals surface area contributed by atoms with Crippen LogP contribution in [0.2, 0.25) is 0 Å². The van der Waals surface area contributed by atoms with Crippen molar-refractivity contribution in [3.05, 3.63) is 29.8 Å². The lowest BCUT2D eigenvalue weighted by Crippen LogP contribution is -2.28. The van der Waals surface area contributed by atoms with E-state index < -0.39 is 6.04 Å². The molecule has 4 heteroatoms. The Hall–Kier alpha value is -2.04. The van der Waals surface area contributed by atoms with Crippen molar-refractivity contribution in [3.8, 4) is 17.9 Å². The van der Waals surface area contributed by atoms with E-state index in [4.69, 9.17) is 15.3 Å². The molecule has 0 N–H and O–H groups in total. The minimum absolute atomic E-state index is 0.545. The lowest BCUT2D eigenvalue weighted by molar-refractivity contribution is 0.320. The molecule has 0 radical (unpaired) electrons. The van der Waals surface area contributed by atoms with Crippen LogP contribution in [0.4, 0.5) is 0 Å². The number of nitrogens with zero attached hydrogens (tertiary/aromatic N) is 3. The molecule has 1 rings (SSSR count). The maximum atomic E-state index is 8.74. The zero-order valence-electron chi connectivity index (χ0n) is 9.34. The van der Waals surface area contributed by atoms with E-state index in [9.17, 15) is 0 Å². The van der Waals surface area contributed by atoms with Gasteiger partial charge in [-0.25, -0.2) is 0 Å². The fourth-order valence-electron chi connectivity index (χ4n) is 1.38. The normalized spacial score (nSPS) is 9.88. The number of hydrogen-bond donors (Lipinski definition) is 0. The average molecular weight is 215 g/mol. The number of methoxy groups -OCH3 is 1. The second-order valence-corrected chi connectivity index (χ2v) is 3.43. The van der Waals surface area contributed by atoms with Crippen LogP contribution in [-0.4, -0.2) is 25.1 Å². The number of rotatable bonds is 4. The molecular formula is C12H13N3O. The molecule has 0 spiro atoms. The van der Waals surface area contributed by atoms with Gasteiger partial charge in [0.1, 0.15) is 5.75 Å². The second-order valence-electron chi connectivity index (χ2n) is 3.43. The number of ether oxygens (including phenoxy) is 1. The average Bonchev–Trinajstić information content (AvgIpc) is 2.31. The van der Waals surface area contributed by atoms with E-state index in [2.05, 4.69) is 0 Å². The molecule has 0 amide bonds. The van der Waals surface area contributed by atoms with Gasteiger partial charge in [0.25, 0.3) is 0 Å². The summed E-state index contributed by atoms with van der Waals surface area (Å²) < 4.78 is 5.10. The van der Waals surface area contributed by atoms with E-state index in [0.717, 1.165) is 11.3 Å².